The Morgan fingerprint density at radius 1 is 1.06 bits per heavy atom. The molecule has 0 radical (unpaired) electrons. The Balaban J connectivity index is 4.17. The lowest BCUT2D eigenvalue weighted by Gasteiger charge is -2.32. The van der Waals surface area contributed by atoms with Gasteiger partial charge in [0.2, 0.25) is 0 Å². The van der Waals surface area contributed by atoms with Crippen molar-refractivity contribution in [2.45, 2.75) is 72.3 Å². The van der Waals surface area contributed by atoms with Gasteiger partial charge in [0.1, 0.15) is 0 Å². The van der Waals surface area contributed by atoms with Crippen molar-refractivity contribution in [2.24, 2.45) is 5.41 Å². The van der Waals surface area contributed by atoms with Crippen LogP contribution in [0.4, 0.5) is 0 Å². The van der Waals surface area contributed by atoms with Crippen molar-refractivity contribution in [3.8, 4) is 0 Å². The van der Waals surface area contributed by atoms with E-state index in [1.807, 2.05) is 0 Å². The van der Waals surface area contributed by atoms with Crippen LogP contribution in [0.2, 0.25) is 0 Å². The Morgan fingerprint density at radius 3 is 2.00 bits per heavy atom. The molecule has 1 unspecified atom stereocenters. The minimum absolute atomic E-state index is 0.367. The zero-order chi connectivity index (χ0) is 12.4. The van der Waals surface area contributed by atoms with Gasteiger partial charge in [-0.1, -0.05) is 56.0 Å². The Morgan fingerprint density at radius 2 is 1.62 bits per heavy atom. The Bertz CT molecular complexity index is 153. The van der Waals surface area contributed by atoms with Gasteiger partial charge < -0.3 is 4.74 Å². The zero-order valence-corrected chi connectivity index (χ0v) is 13.1. The molecule has 0 rings (SSSR count). The first-order valence-electron chi connectivity index (χ1n) is 6.81. The van der Waals surface area contributed by atoms with Gasteiger partial charge in [0.15, 0.2) is 0 Å². The summed E-state index contributed by atoms with van der Waals surface area (Å²) in [6.45, 7) is 9.86. The molecule has 0 heterocycles. The van der Waals surface area contributed by atoms with E-state index in [0.29, 0.717) is 11.5 Å². The average Bonchev–Trinajstić information content (AvgIpc) is 2.27. The highest BCUT2D eigenvalue weighted by atomic mass is 79.9. The highest BCUT2D eigenvalue weighted by Crippen LogP contribution is 2.33. The van der Waals surface area contributed by atoms with Gasteiger partial charge in [0.25, 0.3) is 0 Å². The van der Waals surface area contributed by atoms with Crippen molar-refractivity contribution in [1.29, 1.82) is 0 Å². The maximum atomic E-state index is 6.01. The summed E-state index contributed by atoms with van der Waals surface area (Å²) in [5, 5.41) is 1.07. The van der Waals surface area contributed by atoms with Crippen LogP contribution < -0.4 is 0 Å². The number of rotatable bonds is 10. The van der Waals surface area contributed by atoms with E-state index < -0.39 is 0 Å². The molecule has 0 bridgehead atoms. The summed E-state index contributed by atoms with van der Waals surface area (Å²) in [5.41, 5.74) is 0.367. The molecule has 0 aliphatic carbocycles. The summed E-state index contributed by atoms with van der Waals surface area (Å²) in [6.07, 6.45) is 7.84. The van der Waals surface area contributed by atoms with Crippen LogP contribution in [-0.2, 0) is 4.74 Å². The van der Waals surface area contributed by atoms with Crippen molar-refractivity contribution in [2.75, 3.05) is 11.9 Å². The Kier molecular flexibility index (Phi) is 9.73. The van der Waals surface area contributed by atoms with E-state index >= 15 is 0 Å². The molecule has 0 saturated heterocycles. The van der Waals surface area contributed by atoms with Gasteiger partial charge in [-0.05, 0) is 26.2 Å². The van der Waals surface area contributed by atoms with Crippen LogP contribution in [0.1, 0.15) is 66.2 Å². The molecule has 0 N–H and O–H groups in total. The van der Waals surface area contributed by atoms with Crippen LogP contribution in [0.25, 0.3) is 0 Å². The quantitative estimate of drug-likeness (QED) is 0.505. The predicted molar refractivity (Wildman–Crippen MR) is 76.4 cm³/mol. The van der Waals surface area contributed by atoms with Gasteiger partial charge in [-0.2, -0.15) is 0 Å². The minimum Gasteiger partial charge on any atom is -0.378 e. The number of halogens is 1. The summed E-state index contributed by atoms with van der Waals surface area (Å²) >= 11 is 3.68. The highest BCUT2D eigenvalue weighted by molar-refractivity contribution is 9.09. The monoisotopic (exact) mass is 292 g/mol. The van der Waals surface area contributed by atoms with Crippen LogP contribution in [0.3, 0.4) is 0 Å². The minimum atomic E-state index is 0.367. The molecule has 0 aromatic carbocycles. The van der Waals surface area contributed by atoms with Crippen molar-refractivity contribution < 1.29 is 4.74 Å². The molecule has 0 fully saturated rings. The van der Waals surface area contributed by atoms with E-state index in [1.165, 1.54) is 38.5 Å². The summed E-state index contributed by atoms with van der Waals surface area (Å²) in [5.74, 6) is 0. The fourth-order valence-electron chi connectivity index (χ4n) is 2.31. The van der Waals surface area contributed by atoms with E-state index in [0.717, 1.165) is 11.9 Å². The molecule has 0 amide bonds. The molecule has 0 aromatic rings. The molecule has 98 valence electrons. The highest BCUT2D eigenvalue weighted by Gasteiger charge is 2.28. The fraction of sp³-hybridized carbons (Fsp3) is 1.00. The first-order chi connectivity index (χ1) is 7.64. The molecule has 0 saturated carbocycles. The molecule has 0 aliphatic rings. The normalized spacial score (nSPS) is 14.1. The number of hydrogen-bond donors (Lipinski definition) is 0. The molecule has 0 aliphatic heterocycles. The average molecular weight is 293 g/mol. The number of ether oxygens (including phenoxy) is 1. The first-order valence-corrected chi connectivity index (χ1v) is 7.93. The molecule has 16 heavy (non-hydrogen) atoms. The number of hydrogen-bond acceptors (Lipinski definition) is 1. The standard InChI is InChI=1S/C14H29BrO/c1-5-8-13(4)16-12-14(11-15,9-6-2)10-7-3/h13H,5-12H2,1-4H3. The van der Waals surface area contributed by atoms with Crippen LogP contribution in [0, 0.1) is 5.41 Å². The SMILES string of the molecule is CCCC(C)OCC(CBr)(CCC)CCC. The molecular weight excluding hydrogens is 264 g/mol. The summed E-state index contributed by atoms with van der Waals surface area (Å²) in [4.78, 5) is 0. The summed E-state index contributed by atoms with van der Waals surface area (Å²) < 4.78 is 6.01. The largest absolute Gasteiger partial charge is 0.378 e. The van der Waals surface area contributed by atoms with Crippen molar-refractivity contribution in [1.82, 2.24) is 0 Å². The second-order valence-corrected chi connectivity index (χ2v) is 5.60. The van der Waals surface area contributed by atoms with Crippen LogP contribution in [0.5, 0.6) is 0 Å². The van der Waals surface area contributed by atoms with E-state index in [1.54, 1.807) is 0 Å². The van der Waals surface area contributed by atoms with E-state index in [2.05, 4.69) is 43.6 Å². The van der Waals surface area contributed by atoms with E-state index in [4.69, 9.17) is 4.74 Å². The zero-order valence-electron chi connectivity index (χ0n) is 11.5. The third kappa shape index (κ3) is 6.24. The van der Waals surface area contributed by atoms with Gasteiger partial charge in [-0.15, -0.1) is 0 Å². The Hall–Kier alpha value is 0.440. The van der Waals surface area contributed by atoms with Crippen molar-refractivity contribution in [3.05, 3.63) is 0 Å². The second-order valence-electron chi connectivity index (χ2n) is 5.04. The summed E-state index contributed by atoms with van der Waals surface area (Å²) in [7, 11) is 0. The van der Waals surface area contributed by atoms with Gasteiger partial charge in [-0.3, -0.25) is 0 Å². The summed E-state index contributed by atoms with van der Waals surface area (Å²) in [6, 6.07) is 0. The molecule has 1 nitrogen and oxygen atoms in total. The number of alkyl halides is 1. The van der Waals surface area contributed by atoms with Gasteiger partial charge in [-0.25, -0.2) is 0 Å². The van der Waals surface area contributed by atoms with E-state index in [9.17, 15) is 0 Å². The van der Waals surface area contributed by atoms with Crippen LogP contribution in [-0.4, -0.2) is 18.0 Å². The molecule has 0 aromatic heterocycles. The fourth-order valence-corrected chi connectivity index (χ4v) is 3.03. The van der Waals surface area contributed by atoms with Crippen molar-refractivity contribution in [3.63, 3.8) is 0 Å². The van der Waals surface area contributed by atoms with E-state index in [-0.39, 0.29) is 0 Å². The third-order valence-corrected chi connectivity index (χ3v) is 4.40. The maximum Gasteiger partial charge on any atom is 0.0547 e. The van der Waals surface area contributed by atoms with Crippen LogP contribution in [0.15, 0.2) is 0 Å². The predicted octanol–water partition coefficient (Wildman–Crippen LogP) is 5.17. The second kappa shape index (κ2) is 9.47. The first kappa shape index (κ1) is 16.4. The van der Waals surface area contributed by atoms with Gasteiger partial charge >= 0.3 is 0 Å². The molecule has 0 spiro atoms. The lowest BCUT2D eigenvalue weighted by molar-refractivity contribution is -0.00335. The molecular formula is C14H29BrO. The smallest absolute Gasteiger partial charge is 0.0547 e. The van der Waals surface area contributed by atoms with Gasteiger partial charge in [0, 0.05) is 10.7 Å². The topological polar surface area (TPSA) is 9.23 Å². The maximum absolute atomic E-state index is 6.01. The third-order valence-electron chi connectivity index (χ3n) is 3.21. The van der Waals surface area contributed by atoms with Crippen LogP contribution >= 0.6 is 15.9 Å². The van der Waals surface area contributed by atoms with Gasteiger partial charge in [0.05, 0.1) is 12.7 Å². The lowest BCUT2D eigenvalue weighted by atomic mass is 9.82. The van der Waals surface area contributed by atoms with Crippen molar-refractivity contribution >= 4 is 15.9 Å². The lowest BCUT2D eigenvalue weighted by Crippen LogP contribution is -2.30. The molecule has 1 atom stereocenters. The Labute approximate surface area is 110 Å². The molecule has 2 heteroatoms.